The zero-order valence-electron chi connectivity index (χ0n) is 23.2. The number of aromatic nitrogens is 2. The third-order valence-electron chi connectivity index (χ3n) is 6.60. The number of unbranched alkanes of at least 4 members (excludes halogenated alkanes) is 2. The quantitative estimate of drug-likeness (QED) is 0.124. The summed E-state index contributed by atoms with van der Waals surface area (Å²) in [6.07, 6.45) is 8.18. The van der Waals surface area contributed by atoms with Crippen LogP contribution in [-0.4, -0.2) is 57.3 Å². The number of hydrogen-bond donors (Lipinski definition) is 0. The Kier molecular flexibility index (Phi) is 10.3. The number of para-hydroxylation sites is 1. The molecule has 2 aromatic carbocycles. The van der Waals surface area contributed by atoms with E-state index in [-0.39, 0.29) is 10.8 Å². The van der Waals surface area contributed by atoms with Crippen molar-refractivity contribution in [2.24, 2.45) is 0 Å². The number of thioether (sulfide) groups is 1. The molecule has 40 heavy (non-hydrogen) atoms. The van der Waals surface area contributed by atoms with E-state index in [0.717, 1.165) is 37.8 Å². The van der Waals surface area contributed by atoms with E-state index < -0.39 is 10.0 Å². The van der Waals surface area contributed by atoms with Gasteiger partial charge in [0.25, 0.3) is 5.91 Å². The van der Waals surface area contributed by atoms with Crippen molar-refractivity contribution < 1.29 is 13.2 Å². The van der Waals surface area contributed by atoms with E-state index in [2.05, 4.69) is 6.92 Å². The Balaban J connectivity index is 1.77. The van der Waals surface area contributed by atoms with Crippen LogP contribution in [0.2, 0.25) is 0 Å². The topological polar surface area (TPSA) is 75.5 Å². The summed E-state index contributed by atoms with van der Waals surface area (Å²) in [7, 11) is -3.67. The number of rotatable bonds is 13. The zero-order chi connectivity index (χ0) is 28.7. The van der Waals surface area contributed by atoms with Crippen LogP contribution in [0.3, 0.4) is 0 Å². The fourth-order valence-electron chi connectivity index (χ4n) is 4.59. The molecule has 0 radical (unpaired) electrons. The summed E-state index contributed by atoms with van der Waals surface area (Å²) in [4.78, 5) is 15.7. The molecule has 1 aromatic heterocycles. The standard InChI is InChI=1S/C30H36N4O3S3/c1-4-7-11-19-33-29(35)27(39-30(33)38)21-24-22-34(25-14-9-8-10-15-25)31-28(24)23-13-12-16-26(20-23)40(36,37)32(17-5-2)18-6-3/h8-10,12-16,20-22H,4-7,11,17-19H2,1-3H3/b27-21-. The molecule has 1 amide bonds. The van der Waals surface area contributed by atoms with Gasteiger partial charge in [-0.3, -0.25) is 9.69 Å². The Hall–Kier alpha value is -2.79. The summed E-state index contributed by atoms with van der Waals surface area (Å²) >= 11 is 6.82. The molecule has 0 N–H and O–H groups in total. The molecule has 212 valence electrons. The number of carbonyl (C=O) groups is 1. The SMILES string of the molecule is CCCCCN1C(=O)/C(=C/c2cn(-c3ccccc3)nc2-c2cccc(S(=O)(=O)N(CCC)CCC)c2)SC1=S. The first-order valence-corrected chi connectivity index (χ1v) is 16.5. The molecule has 0 atom stereocenters. The molecule has 0 bridgehead atoms. The van der Waals surface area contributed by atoms with Gasteiger partial charge in [0.15, 0.2) is 0 Å². The second-order valence-electron chi connectivity index (χ2n) is 9.69. The van der Waals surface area contributed by atoms with Gasteiger partial charge in [0.1, 0.15) is 10.0 Å². The van der Waals surface area contributed by atoms with Gasteiger partial charge >= 0.3 is 0 Å². The minimum atomic E-state index is -3.67. The maximum Gasteiger partial charge on any atom is 0.266 e. The number of benzene rings is 2. The van der Waals surface area contributed by atoms with E-state index in [9.17, 15) is 13.2 Å². The molecular weight excluding hydrogens is 561 g/mol. The lowest BCUT2D eigenvalue weighted by atomic mass is 10.1. The molecule has 1 aliphatic rings. The lowest BCUT2D eigenvalue weighted by Gasteiger charge is -2.21. The number of thiocarbonyl (C=S) groups is 1. The Morgan fingerprint density at radius 3 is 2.38 bits per heavy atom. The van der Waals surface area contributed by atoms with E-state index in [1.807, 2.05) is 62.5 Å². The highest BCUT2D eigenvalue weighted by atomic mass is 32.2. The van der Waals surface area contributed by atoms with Gasteiger partial charge in [-0.2, -0.15) is 9.40 Å². The lowest BCUT2D eigenvalue weighted by molar-refractivity contribution is -0.122. The molecule has 1 saturated heterocycles. The van der Waals surface area contributed by atoms with Gasteiger partial charge in [-0.05, 0) is 49.6 Å². The normalized spacial score (nSPS) is 15.1. The number of sulfonamides is 1. The van der Waals surface area contributed by atoms with E-state index in [1.165, 1.54) is 11.8 Å². The van der Waals surface area contributed by atoms with Crippen LogP contribution in [0.25, 0.3) is 23.0 Å². The molecule has 4 rings (SSSR count). The molecule has 0 spiro atoms. The molecule has 0 saturated carbocycles. The highest BCUT2D eigenvalue weighted by molar-refractivity contribution is 8.26. The number of amides is 1. The van der Waals surface area contributed by atoms with Gasteiger partial charge in [-0.25, -0.2) is 13.1 Å². The van der Waals surface area contributed by atoms with E-state index in [0.29, 0.717) is 45.7 Å². The Bertz CT molecular complexity index is 1480. The Morgan fingerprint density at radius 2 is 1.70 bits per heavy atom. The molecule has 1 aliphatic heterocycles. The number of carbonyl (C=O) groups excluding carboxylic acids is 1. The van der Waals surface area contributed by atoms with Crippen LogP contribution < -0.4 is 0 Å². The molecular formula is C30H36N4O3S3. The smallest absolute Gasteiger partial charge is 0.266 e. The average molecular weight is 597 g/mol. The Labute approximate surface area is 247 Å². The summed E-state index contributed by atoms with van der Waals surface area (Å²) in [5.41, 5.74) is 2.82. The first-order valence-electron chi connectivity index (χ1n) is 13.8. The monoisotopic (exact) mass is 596 g/mol. The third kappa shape index (κ3) is 6.74. The van der Waals surface area contributed by atoms with Gasteiger partial charge in [0, 0.05) is 37.0 Å². The highest BCUT2D eigenvalue weighted by Gasteiger charge is 2.32. The fraction of sp³-hybridized carbons (Fsp3) is 0.367. The summed E-state index contributed by atoms with van der Waals surface area (Å²) in [5, 5.41) is 4.85. The number of hydrogen-bond acceptors (Lipinski definition) is 6. The third-order valence-corrected chi connectivity index (χ3v) is 9.87. The average Bonchev–Trinajstić information content (AvgIpc) is 3.50. The minimum Gasteiger partial charge on any atom is -0.293 e. The van der Waals surface area contributed by atoms with Crippen LogP contribution in [-0.2, 0) is 14.8 Å². The first-order chi connectivity index (χ1) is 19.3. The summed E-state index contributed by atoms with van der Waals surface area (Å²) in [6, 6.07) is 16.6. The molecule has 10 heteroatoms. The maximum atomic E-state index is 13.5. The zero-order valence-corrected chi connectivity index (χ0v) is 25.7. The largest absolute Gasteiger partial charge is 0.293 e. The van der Waals surface area contributed by atoms with Crippen LogP contribution >= 0.6 is 24.0 Å². The van der Waals surface area contributed by atoms with Crippen molar-refractivity contribution in [3.63, 3.8) is 0 Å². The van der Waals surface area contributed by atoms with Crippen molar-refractivity contribution >= 4 is 50.3 Å². The van der Waals surface area contributed by atoms with E-state index in [4.69, 9.17) is 17.3 Å². The molecule has 0 aliphatic carbocycles. The van der Waals surface area contributed by atoms with Crippen molar-refractivity contribution in [1.29, 1.82) is 0 Å². The first kappa shape index (κ1) is 30.2. The second-order valence-corrected chi connectivity index (χ2v) is 13.3. The second kappa shape index (κ2) is 13.7. The summed E-state index contributed by atoms with van der Waals surface area (Å²) in [6.45, 7) is 7.62. The predicted molar refractivity (Wildman–Crippen MR) is 168 cm³/mol. The molecule has 1 fully saturated rings. The number of nitrogens with zero attached hydrogens (tertiary/aromatic N) is 4. The van der Waals surface area contributed by atoms with Crippen molar-refractivity contribution in [2.45, 2.75) is 57.8 Å². The lowest BCUT2D eigenvalue weighted by Crippen LogP contribution is -2.32. The highest BCUT2D eigenvalue weighted by Crippen LogP contribution is 2.35. The molecule has 2 heterocycles. The summed E-state index contributed by atoms with van der Waals surface area (Å²) in [5.74, 6) is -0.101. The molecule has 3 aromatic rings. The minimum absolute atomic E-state index is 0.101. The van der Waals surface area contributed by atoms with Crippen molar-refractivity contribution in [3.8, 4) is 16.9 Å². The maximum absolute atomic E-state index is 13.5. The van der Waals surface area contributed by atoms with Crippen LogP contribution in [0.4, 0.5) is 0 Å². The molecule has 7 nitrogen and oxygen atoms in total. The van der Waals surface area contributed by atoms with Crippen molar-refractivity contribution in [3.05, 3.63) is 71.3 Å². The van der Waals surface area contributed by atoms with Gasteiger partial charge < -0.3 is 0 Å². The summed E-state index contributed by atoms with van der Waals surface area (Å²) < 4.78 is 30.9. The van der Waals surface area contributed by atoms with Crippen LogP contribution in [0, 0.1) is 0 Å². The van der Waals surface area contributed by atoms with Gasteiger partial charge in [0.05, 0.1) is 15.5 Å². The van der Waals surface area contributed by atoms with E-state index in [1.54, 1.807) is 32.1 Å². The Morgan fingerprint density at radius 1 is 0.975 bits per heavy atom. The molecule has 0 unspecified atom stereocenters. The fourth-order valence-corrected chi connectivity index (χ4v) is 7.56. The van der Waals surface area contributed by atoms with Gasteiger partial charge in [0.2, 0.25) is 10.0 Å². The van der Waals surface area contributed by atoms with Crippen molar-refractivity contribution in [1.82, 2.24) is 19.0 Å². The van der Waals surface area contributed by atoms with Crippen molar-refractivity contribution in [2.75, 3.05) is 19.6 Å². The van der Waals surface area contributed by atoms with Crippen LogP contribution in [0.15, 0.2) is 70.6 Å². The van der Waals surface area contributed by atoms with E-state index >= 15 is 0 Å². The van der Waals surface area contributed by atoms with Gasteiger partial charge in [-0.15, -0.1) is 0 Å². The predicted octanol–water partition coefficient (Wildman–Crippen LogP) is 6.74. The van der Waals surface area contributed by atoms with Crippen LogP contribution in [0.1, 0.15) is 58.4 Å². The van der Waals surface area contributed by atoms with Crippen LogP contribution in [0.5, 0.6) is 0 Å². The van der Waals surface area contributed by atoms with Gasteiger partial charge in [-0.1, -0.05) is 87.9 Å².